The minimum atomic E-state index is -0.535. The molecule has 0 unspecified atom stereocenters. The predicted octanol–water partition coefficient (Wildman–Crippen LogP) is 5.74. The van der Waals surface area contributed by atoms with Crippen molar-refractivity contribution in [3.63, 3.8) is 0 Å². The molecule has 0 aliphatic carbocycles. The second-order valence-electron chi connectivity index (χ2n) is 8.83. The Balaban J connectivity index is 1.33. The molecule has 7 nitrogen and oxygen atoms in total. The number of ether oxygens (including phenoxy) is 2. The Bertz CT molecular complexity index is 1760. The second-order valence-corrected chi connectivity index (χ2v) is 8.83. The Kier molecular flexibility index (Phi) is 7.02. The van der Waals surface area contributed by atoms with Gasteiger partial charge in [0.2, 0.25) is 5.88 Å². The number of carbonyl (C=O) groups excluding carboxylic acids is 1. The average molecular weight is 525 g/mol. The van der Waals surface area contributed by atoms with Crippen LogP contribution >= 0.6 is 0 Å². The molecule has 0 aliphatic heterocycles. The maximum Gasteiger partial charge on any atom is 0.337 e. The highest BCUT2D eigenvalue weighted by Gasteiger charge is 2.15. The fourth-order valence-corrected chi connectivity index (χ4v) is 4.20. The van der Waals surface area contributed by atoms with Gasteiger partial charge in [-0.2, -0.15) is 5.26 Å². The number of rotatable bonds is 7. The summed E-state index contributed by atoms with van der Waals surface area (Å²) in [7, 11) is 3.14. The molecule has 194 valence electrons. The number of halogens is 2. The summed E-state index contributed by atoms with van der Waals surface area (Å²) < 4.78 is 41.6. The molecule has 0 spiro atoms. The number of hydrogen-bond donors (Lipinski definition) is 0. The molecule has 0 fully saturated rings. The van der Waals surface area contributed by atoms with Gasteiger partial charge in [-0.15, -0.1) is 0 Å². The first-order valence-corrected chi connectivity index (χ1v) is 12.0. The largest absolute Gasteiger partial charge is 0.473 e. The summed E-state index contributed by atoms with van der Waals surface area (Å²) >= 11 is 0. The Morgan fingerprint density at radius 2 is 1.77 bits per heavy atom. The number of hydrogen-bond acceptors (Lipinski definition) is 6. The fraction of sp³-hybridized carbons (Fsp3) is 0.133. The Hall–Kier alpha value is -5.10. The molecule has 0 N–H and O–H groups in total. The van der Waals surface area contributed by atoms with E-state index in [1.54, 1.807) is 48.5 Å². The zero-order valence-corrected chi connectivity index (χ0v) is 21.1. The standard InChI is InChI=1S/C30H22F2N4O3/c1-36-27-14-21(30(37)38-2)10-11-26(27)34-28(36)15-19-8-9-20(13-24(19)32)25-4-3-5-29(35-25)39-17-22-7-6-18(16-33)12-23(22)31/h3-14H,15,17H2,1-2H3. The van der Waals surface area contributed by atoms with Crippen LogP contribution in [0.2, 0.25) is 0 Å². The number of nitriles is 1. The molecule has 9 heteroatoms. The molecular weight excluding hydrogens is 502 g/mol. The normalized spacial score (nSPS) is 10.8. The van der Waals surface area contributed by atoms with Crippen molar-refractivity contribution in [1.82, 2.24) is 14.5 Å². The van der Waals surface area contributed by atoms with Crippen LogP contribution in [0.1, 0.15) is 32.9 Å². The van der Waals surface area contributed by atoms with Crippen LogP contribution in [-0.2, 0) is 24.8 Å². The van der Waals surface area contributed by atoms with Crippen molar-refractivity contribution < 1.29 is 23.0 Å². The van der Waals surface area contributed by atoms with Gasteiger partial charge in [-0.3, -0.25) is 0 Å². The van der Waals surface area contributed by atoms with Gasteiger partial charge in [-0.25, -0.2) is 23.5 Å². The lowest BCUT2D eigenvalue weighted by Crippen LogP contribution is -2.03. The van der Waals surface area contributed by atoms with Gasteiger partial charge in [-0.1, -0.05) is 24.3 Å². The van der Waals surface area contributed by atoms with Gasteiger partial charge >= 0.3 is 5.97 Å². The Morgan fingerprint density at radius 3 is 2.51 bits per heavy atom. The second kappa shape index (κ2) is 10.7. The molecule has 0 amide bonds. The van der Waals surface area contributed by atoms with Crippen molar-refractivity contribution >= 4 is 17.0 Å². The Labute approximate surface area is 222 Å². The van der Waals surface area contributed by atoms with Crippen molar-refractivity contribution in [3.05, 3.63) is 113 Å². The van der Waals surface area contributed by atoms with Crippen LogP contribution in [0.4, 0.5) is 8.78 Å². The van der Waals surface area contributed by atoms with E-state index in [2.05, 4.69) is 9.97 Å². The monoisotopic (exact) mass is 524 g/mol. The fourth-order valence-electron chi connectivity index (χ4n) is 4.20. The molecule has 0 saturated heterocycles. The molecule has 39 heavy (non-hydrogen) atoms. The van der Waals surface area contributed by atoms with E-state index in [0.717, 1.165) is 11.6 Å². The topological polar surface area (TPSA) is 90.0 Å². The number of imidazole rings is 1. The van der Waals surface area contributed by atoms with E-state index in [1.807, 2.05) is 17.7 Å². The van der Waals surface area contributed by atoms with Crippen molar-refractivity contribution in [2.75, 3.05) is 7.11 Å². The predicted molar refractivity (Wildman–Crippen MR) is 140 cm³/mol. The quantitative estimate of drug-likeness (QED) is 0.252. The van der Waals surface area contributed by atoms with Crippen molar-refractivity contribution in [3.8, 4) is 23.2 Å². The number of methoxy groups -OCH3 is 1. The van der Waals surface area contributed by atoms with Gasteiger partial charge < -0.3 is 14.0 Å². The summed E-state index contributed by atoms with van der Waals surface area (Å²) in [6, 6.07) is 21.1. The third kappa shape index (κ3) is 5.31. The number of esters is 1. The van der Waals surface area contributed by atoms with Gasteiger partial charge in [0.05, 0.1) is 41.0 Å². The highest BCUT2D eigenvalue weighted by molar-refractivity contribution is 5.93. The smallest absolute Gasteiger partial charge is 0.337 e. The SMILES string of the molecule is COC(=O)c1ccc2nc(Cc3ccc(-c4cccc(OCc5ccc(C#N)cc5F)n4)cc3F)n(C)c2c1. The van der Waals surface area contributed by atoms with Crippen LogP contribution in [0.5, 0.6) is 5.88 Å². The van der Waals surface area contributed by atoms with Gasteiger partial charge in [0, 0.05) is 30.7 Å². The van der Waals surface area contributed by atoms with Crippen LogP contribution < -0.4 is 4.74 Å². The highest BCUT2D eigenvalue weighted by Crippen LogP contribution is 2.25. The van der Waals surface area contributed by atoms with Crippen LogP contribution in [0.15, 0.2) is 72.8 Å². The maximum atomic E-state index is 15.2. The molecule has 0 radical (unpaired) electrons. The minimum absolute atomic E-state index is 0.0690. The number of aromatic nitrogens is 3. The molecular formula is C30H22F2N4O3. The zero-order chi connectivity index (χ0) is 27.5. The summed E-state index contributed by atoms with van der Waals surface area (Å²) in [6.45, 7) is -0.0690. The molecule has 5 rings (SSSR count). The van der Waals surface area contributed by atoms with E-state index in [-0.39, 0.29) is 24.5 Å². The van der Waals surface area contributed by atoms with Crippen LogP contribution in [-0.4, -0.2) is 27.6 Å². The zero-order valence-electron chi connectivity index (χ0n) is 21.1. The van der Waals surface area contributed by atoms with Gasteiger partial charge in [0.15, 0.2) is 0 Å². The van der Waals surface area contributed by atoms with Crippen molar-refractivity contribution in [2.24, 2.45) is 7.05 Å². The van der Waals surface area contributed by atoms with E-state index in [4.69, 9.17) is 14.7 Å². The third-order valence-corrected chi connectivity index (χ3v) is 6.37. The number of aryl methyl sites for hydroxylation is 1. The molecule has 0 saturated carbocycles. The van der Waals surface area contributed by atoms with E-state index in [0.29, 0.717) is 39.3 Å². The van der Waals surface area contributed by atoms with Crippen LogP contribution in [0.25, 0.3) is 22.3 Å². The molecule has 3 aromatic carbocycles. The minimum Gasteiger partial charge on any atom is -0.473 e. The first-order chi connectivity index (χ1) is 18.9. The lowest BCUT2D eigenvalue weighted by molar-refractivity contribution is 0.0601. The van der Waals surface area contributed by atoms with E-state index in [1.165, 1.54) is 25.3 Å². The molecule has 0 atom stereocenters. The van der Waals surface area contributed by atoms with Crippen LogP contribution in [0, 0.1) is 23.0 Å². The van der Waals surface area contributed by atoms with Crippen LogP contribution in [0.3, 0.4) is 0 Å². The van der Waals surface area contributed by atoms with E-state index in [9.17, 15) is 9.18 Å². The lowest BCUT2D eigenvalue weighted by atomic mass is 10.1. The number of carbonyl (C=O) groups is 1. The highest BCUT2D eigenvalue weighted by atomic mass is 19.1. The lowest BCUT2D eigenvalue weighted by Gasteiger charge is -2.10. The summed E-state index contributed by atoms with van der Waals surface area (Å²) in [5.74, 6) is -0.491. The first kappa shape index (κ1) is 25.5. The first-order valence-electron chi connectivity index (χ1n) is 12.0. The molecule has 0 bridgehead atoms. The Morgan fingerprint density at radius 1 is 0.974 bits per heavy atom. The number of fused-ring (bicyclic) bond motifs is 1. The molecule has 2 aromatic heterocycles. The number of benzene rings is 3. The summed E-state index contributed by atoms with van der Waals surface area (Å²) in [4.78, 5) is 20.9. The summed E-state index contributed by atoms with van der Waals surface area (Å²) in [5, 5.41) is 8.88. The van der Waals surface area contributed by atoms with Crippen molar-refractivity contribution in [1.29, 1.82) is 5.26 Å². The molecule has 0 aliphatic rings. The van der Waals surface area contributed by atoms with E-state index >= 15 is 4.39 Å². The van der Waals surface area contributed by atoms with Gasteiger partial charge in [-0.05, 0) is 48.0 Å². The van der Waals surface area contributed by atoms with Gasteiger partial charge in [0.25, 0.3) is 0 Å². The molecule has 5 aromatic rings. The summed E-state index contributed by atoms with van der Waals surface area (Å²) in [6.07, 6.45) is 0.248. The number of nitrogens with zero attached hydrogens (tertiary/aromatic N) is 4. The van der Waals surface area contributed by atoms with Gasteiger partial charge in [0.1, 0.15) is 24.1 Å². The average Bonchev–Trinajstić information content (AvgIpc) is 3.27. The third-order valence-electron chi connectivity index (χ3n) is 6.37. The number of pyridine rings is 1. The van der Waals surface area contributed by atoms with Crippen molar-refractivity contribution in [2.45, 2.75) is 13.0 Å². The summed E-state index contributed by atoms with van der Waals surface area (Å²) in [5.41, 5.74) is 3.87. The molecule has 2 heterocycles. The van der Waals surface area contributed by atoms with E-state index < -0.39 is 17.6 Å². The maximum absolute atomic E-state index is 15.2.